The number of hydrogen-bond acceptors (Lipinski definition) is 6. The fourth-order valence-electron chi connectivity index (χ4n) is 0.513. The zero-order valence-corrected chi connectivity index (χ0v) is 8.13. The van der Waals surface area contributed by atoms with Crippen LogP contribution in [0.1, 0.15) is 10.5 Å². The van der Waals surface area contributed by atoms with Crippen LogP contribution >= 0.6 is 0 Å². The summed E-state index contributed by atoms with van der Waals surface area (Å²) >= 11 is 1.06. The molecule has 0 amide bonds. The number of rotatable bonds is 1. The van der Waals surface area contributed by atoms with Crippen molar-refractivity contribution >= 4 is 5.97 Å². The summed E-state index contributed by atoms with van der Waals surface area (Å²) in [7, 11) is 0. The summed E-state index contributed by atoms with van der Waals surface area (Å²) in [5, 5.41) is 29.0. The molecular formula is C6H7NO6V. The number of carboxylic acid groups (broad SMARTS) is 1. The molecule has 0 aromatic carbocycles. The molecule has 77 valence electrons. The van der Waals surface area contributed by atoms with E-state index in [4.69, 9.17) is 24.4 Å². The van der Waals surface area contributed by atoms with Crippen LogP contribution in [0.15, 0.2) is 18.3 Å². The standard InChI is InChI=1S/C6H5NO3.H2O2.O.V/c8-4-1-2-5(6(9)10)7-3-4;1-2;;/h1-3,8H,(H,9,10);1-2H;;. The summed E-state index contributed by atoms with van der Waals surface area (Å²) in [5.41, 5.74) is -0.0715. The number of aromatic carboxylic acids is 1. The third kappa shape index (κ3) is 6.26. The molecule has 7 nitrogen and oxygen atoms in total. The van der Waals surface area contributed by atoms with Crippen molar-refractivity contribution < 1.29 is 46.6 Å². The monoisotopic (exact) mass is 240 g/mol. The van der Waals surface area contributed by atoms with E-state index in [1.165, 1.54) is 12.1 Å². The molecule has 14 heavy (non-hydrogen) atoms. The van der Waals surface area contributed by atoms with Crippen LogP contribution in [-0.2, 0) is 21.0 Å². The maximum absolute atomic E-state index is 10.2. The number of nitrogens with zero attached hydrogens (tertiary/aromatic N) is 1. The predicted molar refractivity (Wildman–Crippen MR) is 38.8 cm³/mol. The van der Waals surface area contributed by atoms with Gasteiger partial charge in [0.15, 0.2) is 0 Å². The van der Waals surface area contributed by atoms with Crippen LogP contribution in [0.5, 0.6) is 5.75 Å². The Balaban J connectivity index is 0. The molecule has 0 saturated heterocycles. The van der Waals surface area contributed by atoms with Crippen molar-refractivity contribution in [1.29, 1.82) is 0 Å². The van der Waals surface area contributed by atoms with Crippen molar-refractivity contribution in [3.8, 4) is 5.75 Å². The average molecular weight is 240 g/mol. The van der Waals surface area contributed by atoms with Crippen LogP contribution in [0.2, 0.25) is 0 Å². The minimum absolute atomic E-state index is 0.0370. The van der Waals surface area contributed by atoms with E-state index < -0.39 is 5.97 Å². The van der Waals surface area contributed by atoms with E-state index in [2.05, 4.69) is 4.98 Å². The van der Waals surface area contributed by atoms with Crippen LogP contribution in [-0.4, -0.2) is 31.7 Å². The molecule has 0 fully saturated rings. The van der Waals surface area contributed by atoms with E-state index in [1.807, 2.05) is 0 Å². The molecule has 8 heteroatoms. The van der Waals surface area contributed by atoms with Gasteiger partial charge in [-0.1, -0.05) is 0 Å². The number of carbonyl (C=O) groups is 1. The molecule has 4 N–H and O–H groups in total. The molecule has 1 rings (SSSR count). The quantitative estimate of drug-likeness (QED) is 0.412. The molecule has 0 unspecified atom stereocenters. The Morgan fingerprint density at radius 1 is 1.29 bits per heavy atom. The van der Waals surface area contributed by atoms with Crippen LogP contribution in [0.25, 0.3) is 0 Å². The summed E-state index contributed by atoms with van der Waals surface area (Å²) < 4.78 is 8.19. The van der Waals surface area contributed by atoms with E-state index in [-0.39, 0.29) is 11.4 Å². The van der Waals surface area contributed by atoms with E-state index in [0.717, 1.165) is 23.6 Å². The fraction of sp³-hybridized carbons (Fsp3) is 0. The number of aromatic nitrogens is 1. The zero-order chi connectivity index (χ0) is 11.6. The molecule has 0 saturated carbocycles. The van der Waals surface area contributed by atoms with Crippen LogP contribution < -0.4 is 0 Å². The van der Waals surface area contributed by atoms with Crippen molar-refractivity contribution in [1.82, 2.24) is 4.98 Å². The van der Waals surface area contributed by atoms with Gasteiger partial charge in [-0.05, 0) is 12.1 Å². The maximum atomic E-state index is 10.2. The first kappa shape index (κ1) is 15.2. The van der Waals surface area contributed by atoms with Gasteiger partial charge in [0.25, 0.3) is 0 Å². The van der Waals surface area contributed by atoms with E-state index in [1.54, 1.807) is 0 Å². The predicted octanol–water partition coefficient (Wildman–Crippen LogP) is 0.381. The molecule has 1 heterocycles. The molecule has 0 bridgehead atoms. The molecule has 0 spiro atoms. The van der Waals surface area contributed by atoms with Crippen LogP contribution in [0, 0.1) is 0 Å². The molecule has 1 aromatic rings. The Morgan fingerprint density at radius 3 is 2.07 bits per heavy atom. The van der Waals surface area contributed by atoms with Gasteiger partial charge in [0.1, 0.15) is 11.4 Å². The van der Waals surface area contributed by atoms with Gasteiger partial charge < -0.3 is 10.2 Å². The molecule has 0 aliphatic carbocycles. The van der Waals surface area contributed by atoms with Crippen molar-refractivity contribution in [3.63, 3.8) is 0 Å². The number of pyridine rings is 1. The summed E-state index contributed by atoms with van der Waals surface area (Å²) in [5.74, 6) is -1.13. The van der Waals surface area contributed by atoms with Gasteiger partial charge in [-0.25, -0.2) is 9.78 Å². The van der Waals surface area contributed by atoms with E-state index >= 15 is 0 Å². The first-order chi connectivity index (χ1) is 6.70. The van der Waals surface area contributed by atoms with Crippen molar-refractivity contribution in [3.05, 3.63) is 24.0 Å². The third-order valence-electron chi connectivity index (χ3n) is 0.967. The number of carboxylic acids is 1. The average Bonchev–Trinajstić information content (AvgIpc) is 2.24. The second-order valence-electron chi connectivity index (χ2n) is 1.71. The molecule has 1 aromatic heterocycles. The first-order valence-electron chi connectivity index (χ1n) is 2.97. The second kappa shape index (κ2) is 9.81. The molecule has 0 atom stereocenters. The number of aromatic hydroxyl groups is 1. The Morgan fingerprint density at radius 2 is 1.79 bits per heavy atom. The third-order valence-corrected chi connectivity index (χ3v) is 0.967. The number of hydrogen-bond donors (Lipinski definition) is 4. The van der Waals surface area contributed by atoms with Gasteiger partial charge in [0, 0.05) is 0 Å². The normalized spacial score (nSPS) is 7.21. The van der Waals surface area contributed by atoms with Crippen LogP contribution in [0.3, 0.4) is 0 Å². The van der Waals surface area contributed by atoms with Crippen LogP contribution in [0.4, 0.5) is 0 Å². The van der Waals surface area contributed by atoms with Crippen molar-refractivity contribution in [2.24, 2.45) is 0 Å². The SMILES string of the molecule is O=C(O)c1ccc(O)cn1.OO.[O]=[V]. The first-order valence-corrected chi connectivity index (χ1v) is 3.54. The summed E-state index contributed by atoms with van der Waals surface area (Å²) in [4.78, 5) is 13.6. The van der Waals surface area contributed by atoms with Gasteiger partial charge in [-0.2, -0.15) is 0 Å². The molecule has 0 aliphatic rings. The van der Waals surface area contributed by atoms with Gasteiger partial charge in [0.2, 0.25) is 0 Å². The van der Waals surface area contributed by atoms with E-state index in [9.17, 15) is 4.79 Å². The Kier molecular flexibility index (Phi) is 10.7. The summed E-state index contributed by atoms with van der Waals surface area (Å²) in [6.45, 7) is 0. The zero-order valence-electron chi connectivity index (χ0n) is 6.73. The molecule has 0 aliphatic heterocycles. The van der Waals surface area contributed by atoms with Crippen molar-refractivity contribution in [2.45, 2.75) is 0 Å². The van der Waals surface area contributed by atoms with E-state index in [0.29, 0.717) is 0 Å². The molecule has 0 radical (unpaired) electrons. The van der Waals surface area contributed by atoms with Gasteiger partial charge in [-0.3, -0.25) is 10.5 Å². The Labute approximate surface area is 87.8 Å². The summed E-state index contributed by atoms with van der Waals surface area (Å²) in [6, 6.07) is 2.51. The van der Waals surface area contributed by atoms with Gasteiger partial charge in [-0.15, -0.1) is 0 Å². The fourth-order valence-corrected chi connectivity index (χ4v) is 0.513. The van der Waals surface area contributed by atoms with Crippen molar-refractivity contribution in [2.75, 3.05) is 0 Å². The Bertz CT molecular complexity index is 264. The Hall–Kier alpha value is -1.28. The minimum atomic E-state index is -1.10. The van der Waals surface area contributed by atoms with Gasteiger partial charge >= 0.3 is 27.0 Å². The molecular weight excluding hydrogens is 233 g/mol. The summed E-state index contributed by atoms with van der Waals surface area (Å²) in [6.07, 6.45) is 1.09. The van der Waals surface area contributed by atoms with Gasteiger partial charge in [0.05, 0.1) is 6.20 Å². The topological polar surface area (TPSA) is 128 Å². The second-order valence-corrected chi connectivity index (χ2v) is 1.71.